The van der Waals surface area contributed by atoms with E-state index in [0.717, 1.165) is 24.9 Å². The van der Waals surface area contributed by atoms with Gasteiger partial charge in [-0.25, -0.2) is 0 Å². The number of ether oxygens (including phenoxy) is 1. The molecule has 2 saturated heterocycles. The second-order valence-electron chi connectivity index (χ2n) is 6.92. The van der Waals surface area contributed by atoms with Crippen molar-refractivity contribution in [2.45, 2.75) is 31.3 Å². The topological polar surface area (TPSA) is 66.9 Å². The Morgan fingerprint density at radius 3 is 2.52 bits per heavy atom. The van der Waals surface area contributed by atoms with Crippen LogP contribution in [-0.4, -0.2) is 66.8 Å². The van der Waals surface area contributed by atoms with Gasteiger partial charge in [0.25, 0.3) is 5.91 Å². The van der Waals surface area contributed by atoms with E-state index in [9.17, 15) is 14.4 Å². The minimum absolute atomic E-state index is 0.0413. The Balaban J connectivity index is 1.61. The first-order chi connectivity index (χ1) is 12.0. The lowest BCUT2D eigenvalue weighted by Crippen LogP contribution is -2.39. The van der Waals surface area contributed by atoms with Crippen molar-refractivity contribution in [1.29, 1.82) is 0 Å². The molecule has 2 fully saturated rings. The smallest absolute Gasteiger partial charge is 0.311 e. The number of carbonyl (C=O) groups excluding carboxylic acids is 3. The van der Waals surface area contributed by atoms with Gasteiger partial charge in [-0.1, -0.05) is 30.3 Å². The van der Waals surface area contributed by atoms with Crippen LogP contribution in [0.5, 0.6) is 0 Å². The monoisotopic (exact) mass is 344 g/mol. The molecule has 6 nitrogen and oxygen atoms in total. The molecule has 0 aliphatic carbocycles. The molecule has 3 rings (SSSR count). The number of hydrogen-bond donors (Lipinski definition) is 0. The highest BCUT2D eigenvalue weighted by molar-refractivity contribution is 6.00. The van der Waals surface area contributed by atoms with E-state index >= 15 is 0 Å². The van der Waals surface area contributed by atoms with Crippen LogP contribution in [-0.2, 0) is 14.3 Å². The van der Waals surface area contributed by atoms with Gasteiger partial charge in [-0.2, -0.15) is 0 Å². The van der Waals surface area contributed by atoms with Crippen molar-refractivity contribution in [3.63, 3.8) is 0 Å². The molecule has 0 radical (unpaired) electrons. The molecule has 25 heavy (non-hydrogen) atoms. The summed E-state index contributed by atoms with van der Waals surface area (Å²) in [4.78, 5) is 40.2. The van der Waals surface area contributed by atoms with Crippen LogP contribution in [0.3, 0.4) is 0 Å². The van der Waals surface area contributed by atoms with Gasteiger partial charge in [-0.05, 0) is 19.3 Å². The van der Waals surface area contributed by atoms with E-state index < -0.39 is 0 Å². The van der Waals surface area contributed by atoms with Crippen LogP contribution in [0, 0.1) is 5.92 Å². The molecule has 0 spiro atoms. The van der Waals surface area contributed by atoms with Gasteiger partial charge in [0.05, 0.1) is 12.0 Å². The van der Waals surface area contributed by atoms with Crippen LogP contribution in [0.4, 0.5) is 0 Å². The summed E-state index contributed by atoms with van der Waals surface area (Å²) in [5.74, 6) is -0.675. The first kappa shape index (κ1) is 17.6. The fourth-order valence-corrected chi connectivity index (χ4v) is 3.85. The number of hydrogen-bond acceptors (Lipinski definition) is 5. The number of Topliss-reactive ketones (excluding diaryl/α,β-unsaturated/α-hetero) is 1. The zero-order valence-corrected chi connectivity index (χ0v) is 14.7. The normalized spacial score (nSPS) is 25.4. The molecule has 3 unspecified atom stereocenters. The predicted octanol–water partition coefficient (Wildman–Crippen LogP) is 1.35. The van der Waals surface area contributed by atoms with E-state index in [4.69, 9.17) is 4.74 Å². The number of ketones is 1. The molecular formula is C19H24N2O4. The third-order valence-electron chi connectivity index (χ3n) is 5.23. The maximum atomic E-state index is 12.7. The molecule has 0 saturated carbocycles. The number of nitrogens with zero attached hydrogens (tertiary/aromatic N) is 2. The van der Waals surface area contributed by atoms with Crippen LogP contribution in [0.15, 0.2) is 30.3 Å². The number of likely N-dealkylation sites (N-methyl/N-ethyl adjacent to an activating group) is 1. The van der Waals surface area contributed by atoms with Crippen molar-refractivity contribution in [3.05, 3.63) is 35.9 Å². The van der Waals surface area contributed by atoms with Gasteiger partial charge < -0.3 is 9.64 Å². The summed E-state index contributed by atoms with van der Waals surface area (Å²) >= 11 is 0. The van der Waals surface area contributed by atoms with Gasteiger partial charge in [-0.3, -0.25) is 19.3 Å². The summed E-state index contributed by atoms with van der Waals surface area (Å²) in [5, 5.41) is 0. The van der Waals surface area contributed by atoms with E-state index in [0.29, 0.717) is 6.42 Å². The fourth-order valence-electron chi connectivity index (χ4n) is 3.85. The average Bonchev–Trinajstić information content (AvgIpc) is 3.21. The Morgan fingerprint density at radius 2 is 1.84 bits per heavy atom. The maximum Gasteiger partial charge on any atom is 0.311 e. The lowest BCUT2D eigenvalue weighted by molar-refractivity contribution is -0.155. The van der Waals surface area contributed by atoms with Crippen molar-refractivity contribution in [3.8, 4) is 0 Å². The molecule has 0 bridgehead atoms. The first-order valence-electron chi connectivity index (χ1n) is 8.71. The summed E-state index contributed by atoms with van der Waals surface area (Å²) in [7, 11) is 3.26. The zero-order valence-electron chi connectivity index (χ0n) is 14.7. The van der Waals surface area contributed by atoms with E-state index in [2.05, 4.69) is 4.90 Å². The molecule has 2 aliphatic heterocycles. The van der Waals surface area contributed by atoms with Crippen molar-refractivity contribution < 1.29 is 19.1 Å². The number of fused-ring (bicyclic) bond motifs is 1. The zero-order chi connectivity index (χ0) is 18.0. The molecule has 1 aromatic rings. The summed E-state index contributed by atoms with van der Waals surface area (Å²) in [6.45, 7) is 0.497. The van der Waals surface area contributed by atoms with Gasteiger partial charge in [-0.15, -0.1) is 0 Å². The van der Waals surface area contributed by atoms with E-state index in [1.807, 2.05) is 30.3 Å². The SMILES string of the molecule is CN(C)C(=O)COC(=O)C1CCN2C(C(=O)c3ccccc3)CCC12. The van der Waals surface area contributed by atoms with Crippen LogP contribution < -0.4 is 0 Å². The summed E-state index contributed by atoms with van der Waals surface area (Å²) in [6, 6.07) is 9.19. The molecule has 2 aliphatic rings. The Labute approximate surface area is 147 Å². The van der Waals surface area contributed by atoms with Crippen molar-refractivity contribution in [2.75, 3.05) is 27.2 Å². The number of carbonyl (C=O) groups is 3. The van der Waals surface area contributed by atoms with Crippen LogP contribution in [0.25, 0.3) is 0 Å². The van der Waals surface area contributed by atoms with Gasteiger partial charge in [0.2, 0.25) is 0 Å². The van der Waals surface area contributed by atoms with Crippen LogP contribution >= 0.6 is 0 Å². The number of esters is 1. The lowest BCUT2D eigenvalue weighted by Gasteiger charge is -2.24. The molecule has 0 N–H and O–H groups in total. The molecule has 6 heteroatoms. The summed E-state index contributed by atoms with van der Waals surface area (Å²) in [6.07, 6.45) is 2.25. The van der Waals surface area contributed by atoms with Crippen molar-refractivity contribution in [2.24, 2.45) is 5.92 Å². The number of amides is 1. The molecule has 1 amide bonds. The van der Waals surface area contributed by atoms with Gasteiger partial charge >= 0.3 is 5.97 Å². The highest BCUT2D eigenvalue weighted by Gasteiger charge is 2.48. The van der Waals surface area contributed by atoms with Crippen molar-refractivity contribution >= 4 is 17.7 Å². The maximum absolute atomic E-state index is 12.7. The molecule has 2 heterocycles. The third-order valence-corrected chi connectivity index (χ3v) is 5.23. The predicted molar refractivity (Wildman–Crippen MR) is 92.0 cm³/mol. The van der Waals surface area contributed by atoms with Gasteiger partial charge in [0.15, 0.2) is 12.4 Å². The Kier molecular flexibility index (Phi) is 5.18. The Morgan fingerprint density at radius 1 is 1.12 bits per heavy atom. The summed E-state index contributed by atoms with van der Waals surface area (Å²) < 4.78 is 5.20. The standard InChI is InChI=1S/C19H24N2O4/c1-20(2)17(22)12-25-19(24)14-10-11-21-15(14)8-9-16(21)18(23)13-6-4-3-5-7-13/h3-7,14-16H,8-12H2,1-2H3. The van der Waals surface area contributed by atoms with E-state index in [-0.39, 0.29) is 42.3 Å². The second-order valence-corrected chi connectivity index (χ2v) is 6.92. The molecular weight excluding hydrogens is 320 g/mol. The van der Waals surface area contributed by atoms with Crippen LogP contribution in [0.2, 0.25) is 0 Å². The van der Waals surface area contributed by atoms with Gasteiger partial charge in [0, 0.05) is 32.2 Å². The number of benzene rings is 1. The Bertz CT molecular complexity index is 659. The van der Waals surface area contributed by atoms with Crippen molar-refractivity contribution in [1.82, 2.24) is 9.80 Å². The largest absolute Gasteiger partial charge is 0.455 e. The van der Waals surface area contributed by atoms with E-state index in [1.165, 1.54) is 4.90 Å². The molecule has 3 atom stereocenters. The second kappa shape index (κ2) is 7.35. The first-order valence-corrected chi connectivity index (χ1v) is 8.71. The number of rotatable bonds is 5. The lowest BCUT2D eigenvalue weighted by atomic mass is 9.97. The highest BCUT2D eigenvalue weighted by Crippen LogP contribution is 2.38. The third kappa shape index (κ3) is 3.58. The summed E-state index contributed by atoms with van der Waals surface area (Å²) in [5.41, 5.74) is 0.718. The van der Waals surface area contributed by atoms with E-state index in [1.54, 1.807) is 14.1 Å². The highest BCUT2D eigenvalue weighted by atomic mass is 16.5. The molecule has 134 valence electrons. The molecule has 1 aromatic carbocycles. The molecule has 0 aromatic heterocycles. The minimum atomic E-state index is -0.324. The minimum Gasteiger partial charge on any atom is -0.455 e. The fraction of sp³-hybridized carbons (Fsp3) is 0.526. The Hall–Kier alpha value is -2.21. The average molecular weight is 344 g/mol. The quantitative estimate of drug-likeness (QED) is 0.596. The van der Waals surface area contributed by atoms with Crippen LogP contribution in [0.1, 0.15) is 29.6 Å². The van der Waals surface area contributed by atoms with Gasteiger partial charge in [0.1, 0.15) is 0 Å².